The molecular formula is C35H37BrClN3O4S. The Balaban J connectivity index is 1.81. The van der Waals surface area contributed by atoms with Crippen LogP contribution in [0.15, 0.2) is 112 Å². The van der Waals surface area contributed by atoms with Gasteiger partial charge >= 0.3 is 0 Å². The molecule has 0 saturated carbocycles. The Morgan fingerprint density at radius 1 is 0.867 bits per heavy atom. The smallest absolute Gasteiger partial charge is 0.264 e. The molecular weight excluding hydrogens is 674 g/mol. The van der Waals surface area contributed by atoms with Gasteiger partial charge < -0.3 is 10.2 Å². The van der Waals surface area contributed by atoms with E-state index in [4.69, 9.17) is 11.6 Å². The number of rotatable bonds is 13. The Morgan fingerprint density at radius 2 is 1.49 bits per heavy atom. The molecule has 0 bridgehead atoms. The highest BCUT2D eigenvalue weighted by Gasteiger charge is 2.35. The van der Waals surface area contributed by atoms with Crippen molar-refractivity contribution in [1.29, 1.82) is 0 Å². The molecule has 2 atom stereocenters. The SMILES string of the molecule is CC[C@H](C)NC(=O)[C@H](Cc1ccccc1)N(Cc1ccc(Br)cc1)C(=O)CN(c1ccccc1Cl)S(=O)(=O)c1ccc(C)cc1. The zero-order chi connectivity index (χ0) is 32.6. The third-order valence-electron chi connectivity index (χ3n) is 7.55. The highest BCUT2D eigenvalue weighted by molar-refractivity contribution is 9.10. The molecule has 0 aliphatic heterocycles. The van der Waals surface area contributed by atoms with Crippen LogP contribution < -0.4 is 9.62 Å². The fourth-order valence-electron chi connectivity index (χ4n) is 4.79. The molecule has 45 heavy (non-hydrogen) atoms. The Hall–Kier alpha value is -3.66. The van der Waals surface area contributed by atoms with Gasteiger partial charge in [-0.3, -0.25) is 13.9 Å². The molecule has 7 nitrogen and oxygen atoms in total. The third-order valence-corrected chi connectivity index (χ3v) is 10.2. The fourth-order valence-corrected chi connectivity index (χ4v) is 6.77. The van der Waals surface area contributed by atoms with Crippen LogP contribution in [0.2, 0.25) is 5.02 Å². The first-order chi connectivity index (χ1) is 21.5. The van der Waals surface area contributed by atoms with Crippen LogP contribution in [0, 0.1) is 6.92 Å². The minimum absolute atomic E-state index is 0.0237. The lowest BCUT2D eigenvalue weighted by Gasteiger charge is -2.34. The van der Waals surface area contributed by atoms with Crippen LogP contribution in [0.1, 0.15) is 37.0 Å². The summed E-state index contributed by atoms with van der Waals surface area (Å²) >= 11 is 9.99. The van der Waals surface area contributed by atoms with E-state index >= 15 is 0 Å². The quantitative estimate of drug-likeness (QED) is 0.160. The molecule has 10 heteroatoms. The average Bonchev–Trinajstić information content (AvgIpc) is 3.03. The monoisotopic (exact) mass is 709 g/mol. The number of nitrogens with one attached hydrogen (secondary N) is 1. The third kappa shape index (κ3) is 8.96. The van der Waals surface area contributed by atoms with Crippen molar-refractivity contribution in [3.63, 3.8) is 0 Å². The van der Waals surface area contributed by atoms with Gasteiger partial charge in [0.15, 0.2) is 0 Å². The summed E-state index contributed by atoms with van der Waals surface area (Å²) < 4.78 is 30.2. The summed E-state index contributed by atoms with van der Waals surface area (Å²) in [6, 6.07) is 28.8. The number of anilines is 1. The van der Waals surface area contributed by atoms with E-state index in [0.717, 1.165) is 25.5 Å². The predicted octanol–water partition coefficient (Wildman–Crippen LogP) is 7.16. The molecule has 0 heterocycles. The van der Waals surface area contributed by atoms with Crippen molar-refractivity contribution in [1.82, 2.24) is 10.2 Å². The van der Waals surface area contributed by atoms with Crippen LogP contribution in [-0.4, -0.2) is 43.8 Å². The Morgan fingerprint density at radius 3 is 2.11 bits per heavy atom. The van der Waals surface area contributed by atoms with Crippen molar-refractivity contribution in [2.45, 2.75) is 57.1 Å². The maximum atomic E-state index is 14.5. The minimum Gasteiger partial charge on any atom is -0.352 e. The number of benzene rings is 4. The summed E-state index contributed by atoms with van der Waals surface area (Å²) in [6.07, 6.45) is 0.946. The number of hydrogen-bond acceptors (Lipinski definition) is 4. The van der Waals surface area contributed by atoms with Gasteiger partial charge in [-0.15, -0.1) is 0 Å². The molecule has 4 aromatic rings. The number of nitrogens with zero attached hydrogens (tertiary/aromatic N) is 2. The van der Waals surface area contributed by atoms with Crippen LogP contribution in [-0.2, 0) is 32.6 Å². The van der Waals surface area contributed by atoms with E-state index in [2.05, 4.69) is 21.2 Å². The van der Waals surface area contributed by atoms with Crippen LogP contribution >= 0.6 is 27.5 Å². The molecule has 0 saturated heterocycles. The Bertz CT molecular complexity index is 1700. The number of carbonyl (C=O) groups is 2. The van der Waals surface area contributed by atoms with E-state index < -0.39 is 28.5 Å². The van der Waals surface area contributed by atoms with Crippen LogP contribution in [0.5, 0.6) is 0 Å². The molecule has 0 aliphatic rings. The summed E-state index contributed by atoms with van der Waals surface area (Å²) in [5.74, 6) is -0.863. The number of halogens is 2. The topological polar surface area (TPSA) is 86.8 Å². The maximum absolute atomic E-state index is 14.5. The highest BCUT2D eigenvalue weighted by atomic mass is 79.9. The van der Waals surface area contributed by atoms with Crippen molar-refractivity contribution in [2.75, 3.05) is 10.8 Å². The van der Waals surface area contributed by atoms with Crippen molar-refractivity contribution >= 4 is 55.1 Å². The standard InChI is InChI=1S/C35H37BrClN3O4S/c1-4-26(3)38-35(42)33(22-27-10-6-5-7-11-27)39(23-28-16-18-29(36)19-17-28)34(41)24-40(32-13-9-8-12-31(32)37)45(43,44)30-20-14-25(2)15-21-30/h5-21,26,33H,4,22-24H2,1-3H3,(H,38,42)/t26-,33-/m0/s1. The number of para-hydroxylation sites is 1. The zero-order valence-corrected chi connectivity index (χ0v) is 28.6. The minimum atomic E-state index is -4.23. The first-order valence-electron chi connectivity index (χ1n) is 14.7. The van der Waals surface area contributed by atoms with Gasteiger partial charge in [0.1, 0.15) is 12.6 Å². The summed E-state index contributed by atoms with van der Waals surface area (Å²) in [7, 11) is -4.23. The molecule has 236 valence electrons. The second kappa shape index (κ2) is 15.6. The molecule has 0 aromatic heterocycles. The van der Waals surface area contributed by atoms with E-state index in [-0.39, 0.29) is 40.5 Å². The first kappa shape index (κ1) is 34.2. The molecule has 4 aromatic carbocycles. The number of amides is 2. The van der Waals surface area contributed by atoms with Gasteiger partial charge in [-0.05, 0) is 67.8 Å². The van der Waals surface area contributed by atoms with Gasteiger partial charge in [-0.1, -0.05) is 107 Å². The van der Waals surface area contributed by atoms with E-state index in [9.17, 15) is 18.0 Å². The van der Waals surface area contributed by atoms with Crippen molar-refractivity contribution in [3.8, 4) is 0 Å². The van der Waals surface area contributed by atoms with E-state index in [1.807, 2.05) is 75.4 Å². The summed E-state index contributed by atoms with van der Waals surface area (Å²) in [5, 5.41) is 3.22. The number of carbonyl (C=O) groups excluding carboxylic acids is 2. The molecule has 0 unspecified atom stereocenters. The highest BCUT2D eigenvalue weighted by Crippen LogP contribution is 2.31. The van der Waals surface area contributed by atoms with Crippen molar-refractivity contribution in [2.24, 2.45) is 0 Å². The van der Waals surface area contributed by atoms with E-state index in [0.29, 0.717) is 6.42 Å². The van der Waals surface area contributed by atoms with Gasteiger partial charge in [-0.25, -0.2) is 8.42 Å². The molecule has 0 spiro atoms. The summed E-state index contributed by atoms with van der Waals surface area (Å²) in [6.45, 7) is 5.25. The van der Waals surface area contributed by atoms with Crippen molar-refractivity contribution in [3.05, 3.63) is 129 Å². The summed E-state index contributed by atoms with van der Waals surface area (Å²) in [5.41, 5.74) is 2.71. The van der Waals surface area contributed by atoms with Gasteiger partial charge in [0.25, 0.3) is 10.0 Å². The fraction of sp³-hybridized carbons (Fsp3) is 0.257. The maximum Gasteiger partial charge on any atom is 0.264 e. The van der Waals surface area contributed by atoms with Crippen LogP contribution in [0.4, 0.5) is 5.69 Å². The lowest BCUT2D eigenvalue weighted by Crippen LogP contribution is -2.54. The Labute approximate surface area is 279 Å². The van der Waals surface area contributed by atoms with Gasteiger partial charge in [0.05, 0.1) is 15.6 Å². The van der Waals surface area contributed by atoms with Crippen LogP contribution in [0.25, 0.3) is 0 Å². The van der Waals surface area contributed by atoms with Gasteiger partial charge in [0.2, 0.25) is 11.8 Å². The largest absolute Gasteiger partial charge is 0.352 e. The lowest BCUT2D eigenvalue weighted by atomic mass is 10.0. The average molecular weight is 711 g/mol. The molecule has 0 fully saturated rings. The van der Waals surface area contributed by atoms with E-state index in [1.165, 1.54) is 17.0 Å². The van der Waals surface area contributed by atoms with Crippen molar-refractivity contribution < 1.29 is 18.0 Å². The molecule has 0 aliphatic carbocycles. The lowest BCUT2D eigenvalue weighted by molar-refractivity contribution is -0.140. The molecule has 1 N–H and O–H groups in total. The van der Waals surface area contributed by atoms with E-state index in [1.54, 1.807) is 36.4 Å². The zero-order valence-electron chi connectivity index (χ0n) is 25.5. The number of hydrogen-bond donors (Lipinski definition) is 1. The first-order valence-corrected chi connectivity index (χ1v) is 17.3. The predicted molar refractivity (Wildman–Crippen MR) is 184 cm³/mol. The molecule has 4 rings (SSSR count). The second-order valence-corrected chi connectivity index (χ2v) is 14.1. The molecule has 0 radical (unpaired) electrons. The normalized spacial score (nSPS) is 12.6. The van der Waals surface area contributed by atoms with Crippen LogP contribution in [0.3, 0.4) is 0 Å². The van der Waals surface area contributed by atoms with Gasteiger partial charge in [-0.2, -0.15) is 0 Å². The number of aryl methyl sites for hydroxylation is 1. The second-order valence-electron chi connectivity index (χ2n) is 10.9. The Kier molecular flexibility index (Phi) is 11.8. The van der Waals surface area contributed by atoms with Gasteiger partial charge in [0, 0.05) is 23.5 Å². The summed E-state index contributed by atoms with van der Waals surface area (Å²) in [4.78, 5) is 29.9. The molecule has 2 amide bonds. The number of sulfonamides is 1.